The van der Waals surface area contributed by atoms with Crippen LogP contribution in [0.2, 0.25) is 0 Å². The lowest BCUT2D eigenvalue weighted by Crippen LogP contribution is -2.33. The number of hydrogen-bond donors (Lipinski definition) is 1. The molecule has 3 heteroatoms. The van der Waals surface area contributed by atoms with Crippen molar-refractivity contribution in [1.29, 1.82) is 0 Å². The maximum absolute atomic E-state index is 4.14. The van der Waals surface area contributed by atoms with Crippen molar-refractivity contribution < 1.29 is 0 Å². The molecule has 1 aromatic heterocycles. The molecule has 0 aromatic carbocycles. The summed E-state index contributed by atoms with van der Waals surface area (Å²) in [6, 6.07) is 1.20. The zero-order valence-electron chi connectivity index (χ0n) is 9.57. The number of rotatable bonds is 4. The zero-order valence-corrected chi connectivity index (χ0v) is 10.4. The molecule has 2 rings (SSSR count). The van der Waals surface area contributed by atoms with E-state index < -0.39 is 0 Å². The summed E-state index contributed by atoms with van der Waals surface area (Å²) in [5, 5.41) is 3.75. The first-order valence-electron chi connectivity index (χ1n) is 5.95. The molecule has 0 amide bonds. The Bertz CT molecular complexity index is 284. The lowest BCUT2D eigenvalue weighted by Gasteiger charge is -2.23. The lowest BCUT2D eigenvalue weighted by atomic mass is 10.00. The van der Waals surface area contributed by atoms with E-state index in [0.29, 0.717) is 6.04 Å². The number of aromatic nitrogens is 1. The third-order valence-corrected chi connectivity index (χ3v) is 4.48. The molecular formula is C12H20N2S. The van der Waals surface area contributed by atoms with Gasteiger partial charge in [-0.05, 0) is 25.7 Å². The van der Waals surface area contributed by atoms with Crippen LogP contribution in [0.15, 0.2) is 11.7 Å². The molecule has 1 aliphatic carbocycles. The molecule has 0 aliphatic heterocycles. The summed E-state index contributed by atoms with van der Waals surface area (Å²) in [5.74, 6) is 0.889. The van der Waals surface area contributed by atoms with Crippen LogP contribution < -0.4 is 5.32 Å². The monoisotopic (exact) mass is 224 g/mol. The van der Waals surface area contributed by atoms with Gasteiger partial charge in [0.1, 0.15) is 0 Å². The largest absolute Gasteiger partial charge is 0.306 e. The molecule has 1 fully saturated rings. The van der Waals surface area contributed by atoms with Crippen molar-refractivity contribution in [1.82, 2.24) is 10.3 Å². The van der Waals surface area contributed by atoms with Gasteiger partial charge in [-0.15, -0.1) is 11.3 Å². The zero-order chi connectivity index (χ0) is 10.7. The van der Waals surface area contributed by atoms with Crippen molar-refractivity contribution in [2.75, 3.05) is 0 Å². The van der Waals surface area contributed by atoms with Crippen molar-refractivity contribution in [2.45, 2.75) is 51.6 Å². The van der Waals surface area contributed by atoms with Crippen LogP contribution in [0.1, 0.15) is 50.4 Å². The van der Waals surface area contributed by atoms with Gasteiger partial charge in [0.15, 0.2) is 0 Å². The lowest BCUT2D eigenvalue weighted by molar-refractivity contribution is 0.362. The Morgan fingerprint density at radius 3 is 3.13 bits per heavy atom. The summed E-state index contributed by atoms with van der Waals surface area (Å²) in [4.78, 5) is 5.49. The number of nitrogens with one attached hydrogen (secondary N) is 1. The molecule has 1 heterocycles. The van der Waals surface area contributed by atoms with Crippen molar-refractivity contribution in [3.05, 3.63) is 16.6 Å². The van der Waals surface area contributed by atoms with E-state index in [0.717, 1.165) is 12.0 Å². The molecule has 1 saturated carbocycles. The quantitative estimate of drug-likeness (QED) is 0.848. The molecule has 1 aliphatic rings. The molecule has 3 unspecified atom stereocenters. The van der Waals surface area contributed by atoms with Crippen LogP contribution in [0.25, 0.3) is 0 Å². The van der Waals surface area contributed by atoms with E-state index in [1.54, 1.807) is 11.3 Å². The minimum absolute atomic E-state index is 0.467. The molecule has 1 N–H and O–H groups in total. The van der Waals surface area contributed by atoms with Crippen molar-refractivity contribution in [3.63, 3.8) is 0 Å². The first-order chi connectivity index (χ1) is 7.31. The standard InChI is InChI=1S/C12H20N2S/c1-3-10-5-4-6-11(10)14-9(2)12-7-13-8-15-12/h7-11,14H,3-6H2,1-2H3. The van der Waals surface area contributed by atoms with Gasteiger partial charge in [0.05, 0.1) is 5.51 Å². The van der Waals surface area contributed by atoms with Gasteiger partial charge in [0.25, 0.3) is 0 Å². The van der Waals surface area contributed by atoms with Crippen molar-refractivity contribution >= 4 is 11.3 Å². The molecular weight excluding hydrogens is 204 g/mol. The minimum Gasteiger partial charge on any atom is -0.306 e. The fraction of sp³-hybridized carbons (Fsp3) is 0.750. The molecule has 1 aromatic rings. The summed E-state index contributed by atoms with van der Waals surface area (Å²) in [6.07, 6.45) is 7.45. The van der Waals surface area contributed by atoms with Gasteiger partial charge in [-0.3, -0.25) is 4.98 Å². The molecule has 0 radical (unpaired) electrons. The van der Waals surface area contributed by atoms with E-state index in [-0.39, 0.29) is 0 Å². The highest BCUT2D eigenvalue weighted by Crippen LogP contribution is 2.30. The van der Waals surface area contributed by atoms with Crippen molar-refractivity contribution in [2.24, 2.45) is 5.92 Å². The number of thiazole rings is 1. The van der Waals surface area contributed by atoms with E-state index in [4.69, 9.17) is 0 Å². The highest BCUT2D eigenvalue weighted by Gasteiger charge is 2.26. The average molecular weight is 224 g/mol. The van der Waals surface area contributed by atoms with E-state index in [2.05, 4.69) is 24.1 Å². The summed E-state index contributed by atoms with van der Waals surface area (Å²) in [6.45, 7) is 4.56. The van der Waals surface area contributed by atoms with E-state index in [9.17, 15) is 0 Å². The van der Waals surface area contributed by atoms with Gasteiger partial charge in [-0.25, -0.2) is 0 Å². The second-order valence-corrected chi connectivity index (χ2v) is 5.42. The third kappa shape index (κ3) is 2.58. The maximum atomic E-state index is 4.14. The van der Waals surface area contributed by atoms with Gasteiger partial charge >= 0.3 is 0 Å². The Kier molecular flexibility index (Phi) is 3.76. The van der Waals surface area contributed by atoms with Crippen LogP contribution in [0.3, 0.4) is 0 Å². The molecule has 0 spiro atoms. The van der Waals surface area contributed by atoms with E-state index in [1.165, 1.54) is 30.6 Å². The van der Waals surface area contributed by atoms with Crippen LogP contribution in [0.5, 0.6) is 0 Å². The summed E-state index contributed by atoms with van der Waals surface area (Å²) >= 11 is 1.75. The molecule has 0 saturated heterocycles. The molecule has 84 valence electrons. The van der Waals surface area contributed by atoms with Gasteiger partial charge in [0.2, 0.25) is 0 Å². The van der Waals surface area contributed by atoms with Gasteiger partial charge in [0, 0.05) is 23.2 Å². The van der Waals surface area contributed by atoms with Gasteiger partial charge < -0.3 is 5.32 Å². The van der Waals surface area contributed by atoms with E-state index in [1.807, 2.05) is 11.7 Å². The van der Waals surface area contributed by atoms with Crippen LogP contribution in [-0.4, -0.2) is 11.0 Å². The van der Waals surface area contributed by atoms with E-state index >= 15 is 0 Å². The Morgan fingerprint density at radius 1 is 1.60 bits per heavy atom. The Morgan fingerprint density at radius 2 is 2.47 bits per heavy atom. The average Bonchev–Trinajstić information content (AvgIpc) is 2.87. The first kappa shape index (κ1) is 11.1. The highest BCUT2D eigenvalue weighted by molar-refractivity contribution is 7.09. The third-order valence-electron chi connectivity index (χ3n) is 3.53. The highest BCUT2D eigenvalue weighted by atomic mass is 32.1. The topological polar surface area (TPSA) is 24.9 Å². The summed E-state index contributed by atoms with van der Waals surface area (Å²) in [7, 11) is 0. The van der Waals surface area contributed by atoms with Crippen LogP contribution in [0, 0.1) is 5.92 Å². The summed E-state index contributed by atoms with van der Waals surface area (Å²) in [5.41, 5.74) is 1.92. The number of nitrogens with zero attached hydrogens (tertiary/aromatic N) is 1. The summed E-state index contributed by atoms with van der Waals surface area (Å²) < 4.78 is 0. The maximum Gasteiger partial charge on any atom is 0.0794 e. The van der Waals surface area contributed by atoms with Crippen LogP contribution in [0.4, 0.5) is 0 Å². The first-order valence-corrected chi connectivity index (χ1v) is 6.83. The molecule has 15 heavy (non-hydrogen) atoms. The van der Waals surface area contributed by atoms with Crippen LogP contribution >= 0.6 is 11.3 Å². The van der Waals surface area contributed by atoms with Gasteiger partial charge in [-0.2, -0.15) is 0 Å². The Balaban J connectivity index is 1.91. The fourth-order valence-corrected chi connectivity index (χ4v) is 3.22. The van der Waals surface area contributed by atoms with Gasteiger partial charge in [-0.1, -0.05) is 19.8 Å². The predicted octanol–water partition coefficient (Wildman–Crippen LogP) is 3.37. The fourth-order valence-electron chi connectivity index (χ4n) is 2.59. The second-order valence-electron chi connectivity index (χ2n) is 4.50. The van der Waals surface area contributed by atoms with Crippen molar-refractivity contribution in [3.8, 4) is 0 Å². The Hall–Kier alpha value is -0.410. The SMILES string of the molecule is CCC1CCCC1NC(C)c1cncs1. The Labute approximate surface area is 96.1 Å². The molecule has 2 nitrogen and oxygen atoms in total. The number of hydrogen-bond acceptors (Lipinski definition) is 3. The van der Waals surface area contributed by atoms with Crippen LogP contribution in [-0.2, 0) is 0 Å². The normalized spacial score (nSPS) is 28.1. The smallest absolute Gasteiger partial charge is 0.0794 e. The molecule has 0 bridgehead atoms. The predicted molar refractivity (Wildman–Crippen MR) is 65.1 cm³/mol. The minimum atomic E-state index is 0.467. The second kappa shape index (κ2) is 5.08. The molecule has 3 atom stereocenters.